The number of aromatic nitrogens is 1. The topological polar surface area (TPSA) is 96.5 Å². The number of pyridine rings is 1. The summed E-state index contributed by atoms with van der Waals surface area (Å²) in [5.74, 6) is -0.179. The molecule has 19 heavy (non-hydrogen) atoms. The summed E-state index contributed by atoms with van der Waals surface area (Å²) in [7, 11) is 0. The summed E-state index contributed by atoms with van der Waals surface area (Å²) in [4.78, 5) is 28.5. The Labute approximate surface area is 111 Å². The van der Waals surface area contributed by atoms with Crippen LogP contribution in [0.4, 0.5) is 0 Å². The second kappa shape index (κ2) is 5.69. The van der Waals surface area contributed by atoms with Gasteiger partial charge in [-0.15, -0.1) is 0 Å². The van der Waals surface area contributed by atoms with Crippen molar-refractivity contribution < 1.29 is 14.7 Å². The lowest BCUT2D eigenvalue weighted by atomic mass is 9.93. The van der Waals surface area contributed by atoms with Crippen LogP contribution < -0.4 is 5.73 Å². The molecule has 0 spiro atoms. The molecule has 1 fully saturated rings. The maximum absolute atomic E-state index is 12.2. The van der Waals surface area contributed by atoms with Gasteiger partial charge in [0, 0.05) is 25.7 Å². The standard InChI is InChI=1S/C13H17N3O3/c14-12(18)5-9-1-3-16(4-2-9)13(19)10-6-11(17)8-15-7-10/h6-9,17H,1-5H2,(H2,14,18). The number of hydrogen-bond donors (Lipinski definition) is 2. The molecule has 1 aromatic heterocycles. The Balaban J connectivity index is 1.94. The fourth-order valence-corrected chi connectivity index (χ4v) is 2.35. The number of likely N-dealkylation sites (tertiary alicyclic amines) is 1. The molecular weight excluding hydrogens is 246 g/mol. The zero-order valence-electron chi connectivity index (χ0n) is 10.6. The smallest absolute Gasteiger partial charge is 0.255 e. The lowest BCUT2D eigenvalue weighted by molar-refractivity contribution is -0.119. The summed E-state index contributed by atoms with van der Waals surface area (Å²) in [6.45, 7) is 1.21. The number of aromatic hydroxyl groups is 1. The first-order valence-electron chi connectivity index (χ1n) is 6.28. The highest BCUT2D eigenvalue weighted by atomic mass is 16.3. The van der Waals surface area contributed by atoms with Crippen LogP contribution in [0.1, 0.15) is 29.6 Å². The van der Waals surface area contributed by atoms with E-state index in [2.05, 4.69) is 4.98 Å². The first-order chi connectivity index (χ1) is 9.06. The Kier molecular flexibility index (Phi) is 3.99. The Morgan fingerprint density at radius 1 is 1.37 bits per heavy atom. The molecule has 2 amide bonds. The Morgan fingerprint density at radius 3 is 2.63 bits per heavy atom. The average Bonchev–Trinajstić information content (AvgIpc) is 2.38. The lowest BCUT2D eigenvalue weighted by Crippen LogP contribution is -2.39. The molecule has 2 heterocycles. The summed E-state index contributed by atoms with van der Waals surface area (Å²) < 4.78 is 0. The minimum atomic E-state index is -0.290. The van der Waals surface area contributed by atoms with Crippen molar-refractivity contribution in [3.8, 4) is 5.75 Å². The van der Waals surface area contributed by atoms with Crippen LogP contribution in [0.5, 0.6) is 5.75 Å². The fourth-order valence-electron chi connectivity index (χ4n) is 2.35. The normalized spacial score (nSPS) is 16.3. The third-order valence-electron chi connectivity index (χ3n) is 3.36. The molecule has 0 atom stereocenters. The van der Waals surface area contributed by atoms with Crippen molar-refractivity contribution in [2.24, 2.45) is 11.7 Å². The van der Waals surface area contributed by atoms with E-state index >= 15 is 0 Å². The van der Waals surface area contributed by atoms with Gasteiger partial charge < -0.3 is 15.7 Å². The first kappa shape index (κ1) is 13.3. The van der Waals surface area contributed by atoms with Gasteiger partial charge in [0.25, 0.3) is 5.91 Å². The predicted octanol–water partition coefficient (Wildman–Crippen LogP) is 0.515. The van der Waals surface area contributed by atoms with Crippen molar-refractivity contribution >= 4 is 11.8 Å². The average molecular weight is 263 g/mol. The van der Waals surface area contributed by atoms with Crippen LogP contribution >= 0.6 is 0 Å². The number of primary amides is 1. The van der Waals surface area contributed by atoms with Gasteiger partial charge in [0.1, 0.15) is 5.75 Å². The van der Waals surface area contributed by atoms with E-state index < -0.39 is 0 Å². The third-order valence-corrected chi connectivity index (χ3v) is 3.36. The van der Waals surface area contributed by atoms with Crippen LogP contribution in [-0.2, 0) is 4.79 Å². The molecular formula is C13H17N3O3. The molecule has 0 aromatic carbocycles. The molecule has 2 rings (SSSR count). The minimum absolute atomic E-state index is 0.0190. The molecule has 0 bridgehead atoms. The van der Waals surface area contributed by atoms with Gasteiger partial charge in [-0.1, -0.05) is 0 Å². The molecule has 6 nitrogen and oxygen atoms in total. The number of nitrogens with zero attached hydrogens (tertiary/aromatic N) is 2. The number of amides is 2. The highest BCUT2D eigenvalue weighted by Crippen LogP contribution is 2.22. The number of hydrogen-bond acceptors (Lipinski definition) is 4. The summed E-state index contributed by atoms with van der Waals surface area (Å²) in [5, 5.41) is 9.32. The summed E-state index contributed by atoms with van der Waals surface area (Å²) in [6, 6.07) is 1.41. The minimum Gasteiger partial charge on any atom is -0.506 e. The van der Waals surface area contributed by atoms with E-state index in [4.69, 9.17) is 5.73 Å². The van der Waals surface area contributed by atoms with Gasteiger partial charge in [-0.25, -0.2) is 0 Å². The van der Waals surface area contributed by atoms with Crippen LogP contribution in [-0.4, -0.2) is 39.9 Å². The van der Waals surface area contributed by atoms with E-state index in [0.717, 1.165) is 12.8 Å². The Morgan fingerprint density at radius 2 is 2.05 bits per heavy atom. The maximum Gasteiger partial charge on any atom is 0.255 e. The summed E-state index contributed by atoms with van der Waals surface area (Å²) in [6.07, 6.45) is 4.67. The fraction of sp³-hybridized carbons (Fsp3) is 0.462. The third kappa shape index (κ3) is 3.43. The van der Waals surface area contributed by atoms with Crippen LogP contribution in [0.3, 0.4) is 0 Å². The van der Waals surface area contributed by atoms with Gasteiger partial charge in [-0.3, -0.25) is 14.6 Å². The molecule has 0 saturated carbocycles. The van der Waals surface area contributed by atoms with Crippen molar-refractivity contribution in [3.63, 3.8) is 0 Å². The van der Waals surface area contributed by atoms with E-state index in [-0.39, 0.29) is 23.5 Å². The highest BCUT2D eigenvalue weighted by molar-refractivity contribution is 5.94. The second-order valence-electron chi connectivity index (χ2n) is 4.84. The molecule has 0 unspecified atom stereocenters. The largest absolute Gasteiger partial charge is 0.506 e. The van der Waals surface area contributed by atoms with Crippen molar-refractivity contribution in [2.45, 2.75) is 19.3 Å². The molecule has 6 heteroatoms. The van der Waals surface area contributed by atoms with Crippen molar-refractivity contribution in [3.05, 3.63) is 24.0 Å². The van der Waals surface area contributed by atoms with E-state index in [9.17, 15) is 14.7 Å². The maximum atomic E-state index is 12.2. The lowest BCUT2D eigenvalue weighted by Gasteiger charge is -2.31. The van der Waals surface area contributed by atoms with Gasteiger partial charge in [0.05, 0.1) is 11.8 Å². The van der Waals surface area contributed by atoms with E-state index in [1.54, 1.807) is 4.90 Å². The molecule has 0 aliphatic carbocycles. The Bertz CT molecular complexity index is 482. The monoisotopic (exact) mass is 263 g/mol. The zero-order valence-corrected chi connectivity index (χ0v) is 10.6. The molecule has 1 aromatic rings. The van der Waals surface area contributed by atoms with E-state index in [1.165, 1.54) is 18.5 Å². The van der Waals surface area contributed by atoms with E-state index in [0.29, 0.717) is 25.1 Å². The molecule has 1 aliphatic heterocycles. The van der Waals surface area contributed by atoms with Crippen LogP contribution in [0.2, 0.25) is 0 Å². The molecule has 3 N–H and O–H groups in total. The van der Waals surface area contributed by atoms with Gasteiger partial charge in [-0.05, 0) is 24.8 Å². The highest BCUT2D eigenvalue weighted by Gasteiger charge is 2.24. The van der Waals surface area contributed by atoms with Gasteiger partial charge >= 0.3 is 0 Å². The van der Waals surface area contributed by atoms with Crippen molar-refractivity contribution in [1.29, 1.82) is 0 Å². The summed E-state index contributed by atoms with van der Waals surface area (Å²) >= 11 is 0. The quantitative estimate of drug-likeness (QED) is 0.830. The van der Waals surface area contributed by atoms with Crippen molar-refractivity contribution in [1.82, 2.24) is 9.88 Å². The van der Waals surface area contributed by atoms with Crippen molar-refractivity contribution in [2.75, 3.05) is 13.1 Å². The molecule has 102 valence electrons. The summed E-state index contributed by atoms with van der Waals surface area (Å²) in [5.41, 5.74) is 5.55. The van der Waals surface area contributed by atoms with Crippen LogP contribution in [0.15, 0.2) is 18.5 Å². The number of carbonyl (C=O) groups is 2. The number of nitrogens with two attached hydrogens (primary N) is 1. The SMILES string of the molecule is NC(=O)CC1CCN(C(=O)c2cncc(O)c2)CC1. The number of carbonyl (C=O) groups excluding carboxylic acids is 2. The first-order valence-corrected chi connectivity index (χ1v) is 6.28. The van der Waals surface area contributed by atoms with Gasteiger partial charge in [0.2, 0.25) is 5.91 Å². The van der Waals surface area contributed by atoms with E-state index in [1.807, 2.05) is 0 Å². The zero-order chi connectivity index (χ0) is 13.8. The van der Waals surface area contributed by atoms with Gasteiger partial charge in [-0.2, -0.15) is 0 Å². The predicted molar refractivity (Wildman–Crippen MR) is 68.3 cm³/mol. The molecule has 1 aliphatic rings. The van der Waals surface area contributed by atoms with Crippen LogP contribution in [0, 0.1) is 5.92 Å². The Hall–Kier alpha value is -2.11. The second-order valence-corrected chi connectivity index (χ2v) is 4.84. The van der Waals surface area contributed by atoms with Gasteiger partial charge in [0.15, 0.2) is 0 Å². The number of piperidine rings is 1. The van der Waals surface area contributed by atoms with Crippen LogP contribution in [0.25, 0.3) is 0 Å². The molecule has 1 saturated heterocycles. The molecule has 0 radical (unpaired) electrons. The number of rotatable bonds is 3.